The number of hydrogen-bond acceptors (Lipinski definition) is 4. The Labute approximate surface area is 102 Å². The molecule has 7 nitrogen and oxygen atoms in total. The first-order valence-corrected chi connectivity index (χ1v) is 5.30. The van der Waals surface area contributed by atoms with Gasteiger partial charge in [0, 0.05) is 17.3 Å². The monoisotopic (exact) mass is 250 g/mol. The quantitative estimate of drug-likeness (QED) is 0.610. The number of carboxylic acid groups (broad SMARTS) is 2. The van der Waals surface area contributed by atoms with E-state index in [1.165, 1.54) is 17.2 Å². The Morgan fingerprint density at radius 1 is 1.39 bits per heavy atom. The topological polar surface area (TPSA) is 99.1 Å². The van der Waals surface area contributed by atoms with Crippen LogP contribution >= 0.6 is 0 Å². The van der Waals surface area contributed by atoms with Crippen LogP contribution < -0.4 is 5.32 Å². The molecule has 0 aromatic rings. The Hall–Kier alpha value is -2.44. The molecule has 3 rings (SSSR count). The lowest BCUT2D eigenvalue weighted by Crippen LogP contribution is -2.64. The van der Waals surface area contributed by atoms with E-state index in [1.807, 2.05) is 0 Å². The Balaban J connectivity index is 1.80. The maximum absolute atomic E-state index is 10.8. The third-order valence-corrected chi connectivity index (χ3v) is 3.28. The molecule has 0 aromatic carbocycles. The molecular weight excluding hydrogens is 240 g/mol. The number of carboxylic acids is 1. The van der Waals surface area contributed by atoms with Crippen LogP contribution in [0.5, 0.6) is 0 Å². The SMILES string of the molecule is O=C(O)C1=CC2=COC3(CN(C(=O)O)C3)C2=CN1. The lowest BCUT2D eigenvalue weighted by molar-refractivity contribution is -0.133. The van der Waals surface area contributed by atoms with Crippen LogP contribution in [0.4, 0.5) is 4.79 Å². The normalized spacial score (nSPS) is 22.9. The lowest BCUT2D eigenvalue weighted by Gasteiger charge is -2.46. The summed E-state index contributed by atoms with van der Waals surface area (Å²) in [6, 6.07) is 0. The van der Waals surface area contributed by atoms with Crippen molar-refractivity contribution in [3.63, 3.8) is 0 Å². The van der Waals surface area contributed by atoms with E-state index in [0.717, 1.165) is 5.57 Å². The van der Waals surface area contributed by atoms with E-state index in [2.05, 4.69) is 5.32 Å². The second kappa shape index (κ2) is 3.28. The van der Waals surface area contributed by atoms with Crippen LogP contribution in [0.25, 0.3) is 0 Å². The average molecular weight is 250 g/mol. The minimum Gasteiger partial charge on any atom is -0.486 e. The van der Waals surface area contributed by atoms with E-state index in [4.69, 9.17) is 14.9 Å². The first-order chi connectivity index (χ1) is 8.52. The number of nitrogens with one attached hydrogen (secondary N) is 1. The number of likely N-dealkylation sites (tertiary alicyclic amines) is 1. The molecule has 0 atom stereocenters. The van der Waals surface area contributed by atoms with Crippen molar-refractivity contribution in [3.8, 4) is 0 Å². The number of rotatable bonds is 1. The highest BCUT2D eigenvalue weighted by Gasteiger charge is 2.53. The zero-order valence-corrected chi connectivity index (χ0v) is 9.21. The summed E-state index contributed by atoms with van der Waals surface area (Å²) in [7, 11) is 0. The molecule has 3 aliphatic heterocycles. The molecule has 3 heterocycles. The molecule has 0 aliphatic carbocycles. The molecule has 94 valence electrons. The third-order valence-electron chi connectivity index (χ3n) is 3.28. The summed E-state index contributed by atoms with van der Waals surface area (Å²) in [4.78, 5) is 22.8. The van der Waals surface area contributed by atoms with Gasteiger partial charge in [0.05, 0.1) is 19.4 Å². The van der Waals surface area contributed by atoms with Crippen molar-refractivity contribution >= 4 is 12.1 Å². The Bertz CT molecular complexity index is 540. The van der Waals surface area contributed by atoms with E-state index in [9.17, 15) is 9.59 Å². The fraction of sp³-hybridized carbons (Fsp3) is 0.273. The highest BCUT2D eigenvalue weighted by molar-refractivity contribution is 5.88. The number of ether oxygens (including phenoxy) is 1. The number of nitrogens with zero attached hydrogens (tertiary/aromatic N) is 1. The lowest BCUT2D eigenvalue weighted by atomic mass is 9.83. The van der Waals surface area contributed by atoms with Gasteiger partial charge in [-0.05, 0) is 6.08 Å². The number of allylic oxidation sites excluding steroid dienone is 1. The summed E-state index contributed by atoms with van der Waals surface area (Å²) in [5.74, 6) is -1.05. The Morgan fingerprint density at radius 3 is 2.72 bits per heavy atom. The van der Waals surface area contributed by atoms with Gasteiger partial charge >= 0.3 is 12.1 Å². The molecule has 0 radical (unpaired) electrons. The molecule has 0 unspecified atom stereocenters. The molecule has 1 spiro atoms. The van der Waals surface area contributed by atoms with E-state index >= 15 is 0 Å². The second-order valence-corrected chi connectivity index (χ2v) is 4.39. The minimum absolute atomic E-state index is 0.0695. The first-order valence-electron chi connectivity index (χ1n) is 5.30. The first kappa shape index (κ1) is 10.7. The van der Waals surface area contributed by atoms with E-state index in [-0.39, 0.29) is 18.8 Å². The maximum Gasteiger partial charge on any atom is 0.407 e. The summed E-state index contributed by atoms with van der Waals surface area (Å²) < 4.78 is 5.52. The van der Waals surface area contributed by atoms with Crippen molar-refractivity contribution in [2.45, 2.75) is 5.60 Å². The molecular formula is C11H10N2O5. The van der Waals surface area contributed by atoms with Crippen LogP contribution in [0.3, 0.4) is 0 Å². The van der Waals surface area contributed by atoms with Gasteiger partial charge in [-0.2, -0.15) is 0 Å². The van der Waals surface area contributed by atoms with E-state index in [0.29, 0.717) is 5.57 Å². The van der Waals surface area contributed by atoms with E-state index < -0.39 is 17.7 Å². The number of fused-ring (bicyclic) bond motifs is 2. The predicted octanol–water partition coefficient (Wildman–Crippen LogP) is 0.0885. The molecule has 0 saturated carbocycles. The molecule has 3 N–H and O–H groups in total. The number of carbonyl (C=O) groups is 2. The summed E-state index contributed by atoms with van der Waals surface area (Å²) in [5, 5.41) is 20.3. The Morgan fingerprint density at radius 2 is 2.11 bits per heavy atom. The molecule has 0 aromatic heterocycles. The van der Waals surface area contributed by atoms with Gasteiger partial charge in [0.15, 0.2) is 5.60 Å². The van der Waals surface area contributed by atoms with Crippen LogP contribution in [-0.2, 0) is 9.53 Å². The number of aliphatic carboxylic acids is 1. The van der Waals surface area contributed by atoms with Gasteiger partial charge in [0.2, 0.25) is 0 Å². The van der Waals surface area contributed by atoms with Gasteiger partial charge in [-0.1, -0.05) is 0 Å². The van der Waals surface area contributed by atoms with Crippen molar-refractivity contribution < 1.29 is 24.5 Å². The molecule has 18 heavy (non-hydrogen) atoms. The highest BCUT2D eigenvalue weighted by Crippen LogP contribution is 2.43. The second-order valence-electron chi connectivity index (χ2n) is 4.39. The van der Waals surface area contributed by atoms with Gasteiger partial charge in [-0.25, -0.2) is 9.59 Å². The van der Waals surface area contributed by atoms with Crippen LogP contribution in [0.2, 0.25) is 0 Å². The summed E-state index contributed by atoms with van der Waals surface area (Å²) in [6.45, 7) is 0.512. The highest BCUT2D eigenvalue weighted by atomic mass is 16.5. The summed E-state index contributed by atoms with van der Waals surface area (Å²) >= 11 is 0. The molecule has 1 saturated heterocycles. The van der Waals surface area contributed by atoms with Crippen LogP contribution in [0.15, 0.2) is 35.4 Å². The number of amides is 1. The standard InChI is InChI=1S/C11H10N2O5/c14-9(15)8-1-6-3-18-11(7(6)2-12-8)4-13(5-11)10(16)17/h1-3,12H,4-5H2,(H,14,15)(H,16,17). The van der Waals surface area contributed by atoms with Crippen molar-refractivity contribution in [2.24, 2.45) is 0 Å². The average Bonchev–Trinajstić information content (AvgIpc) is 2.64. The van der Waals surface area contributed by atoms with Crippen LogP contribution in [0.1, 0.15) is 0 Å². The van der Waals surface area contributed by atoms with E-state index in [1.54, 1.807) is 6.20 Å². The van der Waals surface area contributed by atoms with Gasteiger partial charge in [-0.15, -0.1) is 0 Å². The zero-order chi connectivity index (χ0) is 12.9. The van der Waals surface area contributed by atoms with Crippen LogP contribution in [-0.4, -0.2) is 45.9 Å². The number of dihydropyridines is 1. The third kappa shape index (κ3) is 1.30. The predicted molar refractivity (Wildman–Crippen MR) is 58.4 cm³/mol. The van der Waals surface area contributed by atoms with Gasteiger partial charge in [0.1, 0.15) is 5.70 Å². The fourth-order valence-electron chi connectivity index (χ4n) is 2.31. The molecule has 0 bridgehead atoms. The summed E-state index contributed by atoms with van der Waals surface area (Å²) in [6.07, 6.45) is 3.55. The summed E-state index contributed by atoms with van der Waals surface area (Å²) in [5.41, 5.74) is 0.891. The molecule has 3 aliphatic rings. The maximum atomic E-state index is 10.8. The van der Waals surface area contributed by atoms with Crippen molar-refractivity contribution in [2.75, 3.05) is 13.1 Å². The molecule has 1 fully saturated rings. The molecule has 7 heteroatoms. The van der Waals surface area contributed by atoms with Crippen molar-refractivity contribution in [1.29, 1.82) is 0 Å². The van der Waals surface area contributed by atoms with Gasteiger partial charge in [0.25, 0.3) is 0 Å². The Kier molecular flexibility index (Phi) is 1.95. The smallest absolute Gasteiger partial charge is 0.407 e. The molecule has 1 amide bonds. The zero-order valence-electron chi connectivity index (χ0n) is 9.21. The fourth-order valence-corrected chi connectivity index (χ4v) is 2.31. The van der Waals surface area contributed by atoms with Crippen molar-refractivity contribution in [1.82, 2.24) is 10.2 Å². The van der Waals surface area contributed by atoms with Gasteiger partial charge < -0.3 is 20.3 Å². The largest absolute Gasteiger partial charge is 0.486 e. The van der Waals surface area contributed by atoms with Crippen molar-refractivity contribution in [3.05, 3.63) is 35.4 Å². The number of hydrogen-bond donors (Lipinski definition) is 3. The van der Waals surface area contributed by atoms with Gasteiger partial charge in [-0.3, -0.25) is 4.90 Å². The minimum atomic E-state index is -1.05. The van der Waals surface area contributed by atoms with Crippen LogP contribution in [0, 0.1) is 0 Å².